The van der Waals surface area contributed by atoms with Crippen LogP contribution in [0.4, 0.5) is 11.4 Å². The average Bonchev–Trinajstić information content (AvgIpc) is 2.38. The summed E-state index contributed by atoms with van der Waals surface area (Å²) in [6.07, 6.45) is 0. The van der Waals surface area contributed by atoms with Gasteiger partial charge in [0.2, 0.25) is 5.91 Å². The summed E-state index contributed by atoms with van der Waals surface area (Å²) in [6.45, 7) is 5.16. The third kappa shape index (κ3) is 2.85. The average molecular weight is 258 g/mol. The highest BCUT2D eigenvalue weighted by Gasteiger charge is 2.27. The summed E-state index contributed by atoms with van der Waals surface area (Å²) in [5.41, 5.74) is 2.16. The quantitative estimate of drug-likeness (QED) is 0.858. The van der Waals surface area contributed by atoms with E-state index in [9.17, 15) is 4.79 Å². The van der Waals surface area contributed by atoms with E-state index < -0.39 is 0 Å². The molecule has 2 rings (SSSR count). The number of nitrogens with one attached hydrogen (secondary N) is 2. The molecule has 0 spiro atoms. The second-order valence-electron chi connectivity index (χ2n) is 5.38. The first-order valence-electron chi connectivity index (χ1n) is 6.23. The zero-order valence-corrected chi connectivity index (χ0v) is 11.4. The predicted molar refractivity (Wildman–Crippen MR) is 75.1 cm³/mol. The van der Waals surface area contributed by atoms with Crippen LogP contribution in [0.15, 0.2) is 18.2 Å². The third-order valence-corrected chi connectivity index (χ3v) is 3.34. The highest BCUT2D eigenvalue weighted by Crippen LogP contribution is 2.31. The number of hydrogen-bond acceptors (Lipinski definition) is 4. The van der Waals surface area contributed by atoms with Crippen LogP contribution in [0, 0.1) is 11.3 Å². The van der Waals surface area contributed by atoms with Crippen molar-refractivity contribution in [2.24, 2.45) is 0 Å². The van der Waals surface area contributed by atoms with Crippen LogP contribution in [0.5, 0.6) is 0 Å². The minimum Gasteiger partial charge on any atom is -0.359 e. The molecular formula is C14H18N4O. The lowest BCUT2D eigenvalue weighted by Gasteiger charge is -2.37. The van der Waals surface area contributed by atoms with Crippen molar-refractivity contribution in [3.05, 3.63) is 23.8 Å². The fourth-order valence-electron chi connectivity index (χ4n) is 2.11. The van der Waals surface area contributed by atoms with Crippen LogP contribution in [-0.2, 0) is 4.79 Å². The Balaban J connectivity index is 2.37. The SMILES string of the molecule is CNC(C)(C)CN1CC(=O)Nc2ccc(C#N)cc21. The van der Waals surface area contributed by atoms with Gasteiger partial charge in [0, 0.05) is 12.1 Å². The van der Waals surface area contributed by atoms with Crippen molar-refractivity contribution in [3.63, 3.8) is 0 Å². The van der Waals surface area contributed by atoms with Crippen LogP contribution in [0.1, 0.15) is 19.4 Å². The minimum absolute atomic E-state index is 0.0240. The number of benzene rings is 1. The summed E-state index contributed by atoms with van der Waals surface area (Å²) in [5.74, 6) is -0.0240. The van der Waals surface area contributed by atoms with Gasteiger partial charge >= 0.3 is 0 Å². The molecule has 100 valence electrons. The van der Waals surface area contributed by atoms with Gasteiger partial charge in [-0.05, 0) is 39.1 Å². The number of carbonyl (C=O) groups excluding carboxylic acids is 1. The van der Waals surface area contributed by atoms with Crippen molar-refractivity contribution in [2.75, 3.05) is 30.4 Å². The molecule has 1 heterocycles. The van der Waals surface area contributed by atoms with Gasteiger partial charge in [0.05, 0.1) is 29.6 Å². The molecule has 1 aromatic carbocycles. The summed E-state index contributed by atoms with van der Waals surface area (Å²) in [4.78, 5) is 13.7. The number of carbonyl (C=O) groups is 1. The van der Waals surface area contributed by atoms with Gasteiger partial charge < -0.3 is 15.5 Å². The number of nitriles is 1. The fourth-order valence-corrected chi connectivity index (χ4v) is 2.11. The van der Waals surface area contributed by atoms with Gasteiger partial charge in [0.1, 0.15) is 0 Å². The zero-order valence-electron chi connectivity index (χ0n) is 11.4. The molecule has 1 aromatic rings. The number of amides is 1. The lowest BCUT2D eigenvalue weighted by Crippen LogP contribution is -2.51. The normalized spacial score (nSPS) is 14.6. The van der Waals surface area contributed by atoms with E-state index in [1.807, 2.05) is 18.0 Å². The number of hydrogen-bond donors (Lipinski definition) is 2. The van der Waals surface area contributed by atoms with Gasteiger partial charge in [-0.1, -0.05) is 0 Å². The topological polar surface area (TPSA) is 68.2 Å². The maximum absolute atomic E-state index is 11.7. The molecule has 0 radical (unpaired) electrons. The number of rotatable bonds is 3. The maximum Gasteiger partial charge on any atom is 0.243 e. The maximum atomic E-state index is 11.7. The van der Waals surface area contributed by atoms with Gasteiger partial charge in [0.25, 0.3) is 0 Å². The van der Waals surface area contributed by atoms with E-state index in [4.69, 9.17) is 5.26 Å². The smallest absolute Gasteiger partial charge is 0.243 e. The Morgan fingerprint density at radius 1 is 1.53 bits per heavy atom. The highest BCUT2D eigenvalue weighted by molar-refractivity contribution is 6.01. The molecule has 2 N–H and O–H groups in total. The molecule has 1 aliphatic heterocycles. The summed E-state index contributed by atoms with van der Waals surface area (Å²) in [5, 5.41) is 15.0. The molecule has 0 aliphatic carbocycles. The van der Waals surface area contributed by atoms with Crippen molar-refractivity contribution in [2.45, 2.75) is 19.4 Å². The number of likely N-dealkylation sites (N-methyl/N-ethyl adjacent to an activating group) is 1. The summed E-state index contributed by atoms with van der Waals surface area (Å²) >= 11 is 0. The van der Waals surface area contributed by atoms with Gasteiger partial charge in [-0.3, -0.25) is 4.79 Å². The molecule has 0 atom stereocenters. The van der Waals surface area contributed by atoms with Gasteiger partial charge in [0.15, 0.2) is 0 Å². The number of fused-ring (bicyclic) bond motifs is 1. The highest BCUT2D eigenvalue weighted by atomic mass is 16.2. The van der Waals surface area contributed by atoms with Crippen LogP contribution in [-0.4, -0.2) is 31.6 Å². The Labute approximate surface area is 113 Å². The zero-order chi connectivity index (χ0) is 14.0. The molecule has 0 saturated carbocycles. The predicted octanol–water partition coefficient (Wildman–Crippen LogP) is 1.31. The standard InChI is InChI=1S/C14H18N4O/c1-14(2,16-3)9-18-8-13(19)17-11-5-4-10(7-15)6-12(11)18/h4-6,16H,8-9H2,1-3H3,(H,17,19). The molecular weight excluding hydrogens is 240 g/mol. The molecule has 1 aliphatic rings. The van der Waals surface area contributed by atoms with Crippen molar-refractivity contribution in [1.82, 2.24) is 5.32 Å². The van der Waals surface area contributed by atoms with E-state index in [1.165, 1.54) is 0 Å². The van der Waals surface area contributed by atoms with E-state index in [0.29, 0.717) is 18.7 Å². The van der Waals surface area contributed by atoms with Crippen LogP contribution in [0.2, 0.25) is 0 Å². The first-order chi connectivity index (χ1) is 8.95. The Kier molecular flexibility index (Phi) is 3.45. The first kappa shape index (κ1) is 13.4. The lowest BCUT2D eigenvalue weighted by atomic mass is 10.0. The van der Waals surface area contributed by atoms with Crippen molar-refractivity contribution >= 4 is 17.3 Å². The summed E-state index contributed by atoms with van der Waals surface area (Å²) in [6, 6.07) is 7.45. The Hall–Kier alpha value is -2.06. The van der Waals surface area contributed by atoms with Gasteiger partial charge in [-0.2, -0.15) is 5.26 Å². The lowest BCUT2D eigenvalue weighted by molar-refractivity contribution is -0.115. The van der Waals surface area contributed by atoms with Gasteiger partial charge in [-0.15, -0.1) is 0 Å². The monoisotopic (exact) mass is 258 g/mol. The second-order valence-corrected chi connectivity index (χ2v) is 5.38. The molecule has 0 saturated heterocycles. The molecule has 0 bridgehead atoms. The Bertz CT molecular complexity index is 545. The van der Waals surface area contributed by atoms with Crippen LogP contribution in [0.3, 0.4) is 0 Å². The summed E-state index contributed by atoms with van der Waals surface area (Å²) in [7, 11) is 1.90. The Morgan fingerprint density at radius 3 is 2.89 bits per heavy atom. The molecule has 0 fully saturated rings. The first-order valence-corrected chi connectivity index (χ1v) is 6.23. The van der Waals surface area contributed by atoms with Crippen LogP contribution >= 0.6 is 0 Å². The van der Waals surface area contributed by atoms with Crippen molar-refractivity contribution in [1.29, 1.82) is 5.26 Å². The third-order valence-electron chi connectivity index (χ3n) is 3.34. The summed E-state index contributed by atoms with van der Waals surface area (Å²) < 4.78 is 0. The molecule has 0 unspecified atom stereocenters. The van der Waals surface area contributed by atoms with Crippen molar-refractivity contribution in [3.8, 4) is 6.07 Å². The van der Waals surface area contributed by atoms with Gasteiger partial charge in [-0.25, -0.2) is 0 Å². The van der Waals surface area contributed by atoms with E-state index in [0.717, 1.165) is 11.4 Å². The molecule has 5 nitrogen and oxygen atoms in total. The van der Waals surface area contributed by atoms with E-state index >= 15 is 0 Å². The fraction of sp³-hybridized carbons (Fsp3) is 0.429. The van der Waals surface area contributed by atoms with Crippen molar-refractivity contribution < 1.29 is 4.79 Å². The van der Waals surface area contributed by atoms with E-state index in [2.05, 4.69) is 30.6 Å². The second kappa shape index (κ2) is 4.90. The minimum atomic E-state index is -0.114. The van der Waals surface area contributed by atoms with E-state index in [1.54, 1.807) is 12.1 Å². The Morgan fingerprint density at radius 2 is 2.26 bits per heavy atom. The molecule has 1 amide bonds. The van der Waals surface area contributed by atoms with Crippen LogP contribution < -0.4 is 15.5 Å². The molecule has 19 heavy (non-hydrogen) atoms. The number of nitrogens with zero attached hydrogens (tertiary/aromatic N) is 2. The number of anilines is 2. The molecule has 0 aromatic heterocycles. The molecule has 5 heteroatoms. The van der Waals surface area contributed by atoms with Crippen LogP contribution in [0.25, 0.3) is 0 Å². The van der Waals surface area contributed by atoms with E-state index in [-0.39, 0.29) is 11.4 Å². The largest absolute Gasteiger partial charge is 0.359 e.